The van der Waals surface area contributed by atoms with E-state index in [1.165, 1.54) is 22.3 Å². The SMILES string of the molecule is CC(=O)CN[C@H]1CCCCC1N(CC(C)=O)CC(=O)OC(C)(C)C.CCOC(=O)c1cccnc1CBr.CCc1cccnc1CN(CC(=O)O)[C@H]1CCCCC1N(CC(=O)O)CC(=O)O.CCc1cccnc1CN(CC(=O)O)[C@H]1CCCCC1N(CC(=O)O)CC(=O)O.CCc1cccnc1CN(CC(C)=O)[C@H]1CCCCC1N(CC(C)=O)CC(=O)OC(C)(C)C.O=C=O.O=C=O.O=C=O.O=CO[O-].[Cl][Mn][Cl].[H-].[K+].[K+].[Mn+2]. The van der Waals surface area contributed by atoms with Gasteiger partial charge in [0.25, 0.3) is 6.47 Å². The summed E-state index contributed by atoms with van der Waals surface area (Å²) in [7, 11) is 9.59. The third kappa shape index (κ3) is 68.0. The average Bonchev–Trinajstić information content (AvgIpc) is 0.824. The van der Waals surface area contributed by atoms with Gasteiger partial charge in [-0.15, -0.1) is 0 Å². The third-order valence-corrected chi connectivity index (χ3v) is 22.8. The second-order valence-corrected chi connectivity index (χ2v) is 38.0. The number of Topliss-reactive ketones (excluding diaryl/α,β-unsaturated/α-hetero) is 4. The maximum absolute atomic E-state index is 12.7. The van der Waals surface area contributed by atoms with Crippen molar-refractivity contribution >= 4 is 138 Å². The van der Waals surface area contributed by atoms with Gasteiger partial charge in [-0.1, -0.05) is 106 Å². The number of carbonyl (C=O) groups excluding carboxylic acids is 14. The van der Waals surface area contributed by atoms with Crippen LogP contribution in [-0.4, -0.2) is 331 Å². The van der Waals surface area contributed by atoms with Gasteiger partial charge in [-0.25, -0.2) is 4.79 Å². The van der Waals surface area contributed by atoms with Crippen LogP contribution in [0.3, 0.4) is 0 Å². The Labute approximate surface area is 979 Å². The van der Waals surface area contributed by atoms with Crippen molar-refractivity contribution in [3.05, 3.63) is 118 Å². The summed E-state index contributed by atoms with van der Waals surface area (Å²) < 4.78 is 15.8. The van der Waals surface area contributed by atoms with Crippen molar-refractivity contribution in [3.8, 4) is 0 Å². The first-order valence-corrected chi connectivity index (χ1v) is 51.1. The molecule has 4 aliphatic carbocycles. The van der Waals surface area contributed by atoms with Crippen molar-refractivity contribution in [1.82, 2.24) is 59.6 Å². The van der Waals surface area contributed by atoms with E-state index in [4.69, 9.17) is 73.2 Å². The summed E-state index contributed by atoms with van der Waals surface area (Å²) in [5.41, 5.74) is 5.92. The summed E-state index contributed by atoms with van der Waals surface area (Å²) in [6, 6.07) is 14.1. The van der Waals surface area contributed by atoms with E-state index in [1.807, 2.05) is 105 Å². The van der Waals surface area contributed by atoms with Crippen molar-refractivity contribution < 1.29 is 285 Å². The van der Waals surface area contributed by atoms with Gasteiger partial charge in [-0.3, -0.25) is 117 Å². The Morgan fingerprint density at radius 1 is 0.429 bits per heavy atom. The van der Waals surface area contributed by atoms with E-state index in [1.54, 1.807) is 64.6 Å². The van der Waals surface area contributed by atoms with Gasteiger partial charge in [0, 0.05) is 98.1 Å². The number of pyridine rings is 4. The van der Waals surface area contributed by atoms with Gasteiger partial charge in [0.2, 0.25) is 0 Å². The maximum atomic E-state index is 12.7. The van der Waals surface area contributed by atoms with Crippen LogP contribution in [0.5, 0.6) is 0 Å². The zero-order valence-electron chi connectivity index (χ0n) is 87.8. The summed E-state index contributed by atoms with van der Waals surface area (Å²) in [5.74, 6) is -7.10. The molecule has 4 heterocycles. The van der Waals surface area contributed by atoms with Crippen molar-refractivity contribution in [1.29, 1.82) is 0 Å². The fraction of sp³-hybridized carbons (Fsp3) is 0.619. The normalized spacial score (nSPS) is 16.7. The van der Waals surface area contributed by atoms with Crippen molar-refractivity contribution in [2.24, 2.45) is 0 Å². The average molecular weight is 2310 g/mol. The number of halogens is 3. The van der Waals surface area contributed by atoms with Crippen LogP contribution in [0.15, 0.2) is 73.3 Å². The monoisotopic (exact) mass is 2310 g/mol. The van der Waals surface area contributed by atoms with Gasteiger partial charge in [0.05, 0.1) is 113 Å². The Hall–Kier alpha value is -6.87. The predicted octanol–water partition coefficient (Wildman–Crippen LogP) is 2.25. The van der Waals surface area contributed by atoms with Crippen LogP contribution in [0.25, 0.3) is 0 Å². The summed E-state index contributed by atoms with van der Waals surface area (Å²) in [4.78, 5) is 242. The molecule has 4 aliphatic rings. The van der Waals surface area contributed by atoms with Crippen LogP contribution in [-0.2, 0) is 185 Å². The first-order chi connectivity index (χ1) is 68.1. The number of esters is 3. The molecule has 4 aromatic rings. The number of hydrogen-bond acceptors (Lipinski definition) is 37. The molecule has 4 fully saturated rings. The predicted molar refractivity (Wildman–Crippen MR) is 519 cm³/mol. The van der Waals surface area contributed by atoms with Crippen LogP contribution in [0.1, 0.15) is 251 Å². The molecule has 8 rings (SSSR count). The molecule has 50 heteroatoms. The van der Waals surface area contributed by atoms with E-state index in [0.29, 0.717) is 81.6 Å². The number of alkyl halides is 1. The van der Waals surface area contributed by atoms with Crippen LogP contribution in [0, 0.1) is 0 Å². The molecule has 147 heavy (non-hydrogen) atoms. The van der Waals surface area contributed by atoms with E-state index in [9.17, 15) is 93.0 Å². The largest absolute Gasteiger partial charge is 2.00 e. The molecular weight excluding hydrogens is 2170 g/mol. The molecule has 4 unspecified atom stereocenters. The molecular formula is C97H143BrCl2K2Mn2N12O31+2. The molecule has 0 amide bonds. The molecule has 43 nitrogen and oxygen atoms in total. The van der Waals surface area contributed by atoms with Gasteiger partial charge in [-0.05, 0) is 194 Å². The number of ketones is 4. The number of rotatable bonds is 45. The standard InChI is InChI=1S/C26H41N3O4.2C20H29N3O6.C18H32N2O4.C9H10BrNO2.CH2O3.3CO2.2ClH.2K.2Mn.H/c1-7-21-11-10-14-27-22(21)17-28(15-19(2)30)23-12-8-9-13-24(23)29(16-20(3)31)18-25(32)33-26(4,5)6;2*1-2-14-6-5-9-21-15(14)10-22(11-18(24)25)16-7-3-4-8-17(16)23(12-19(26)27)13-20(28)29;1-13(21)10-19-15-8-6-7-9-16(15)20(11-14(2)22)12-17(23)24-18(3,4)5;1-2-13-9(12)7-4-3-5-11-8(7)6-10;2-1-4-3;3*2-1-3;;;;;;;/h10-11,14,23-24H,7-9,12-13,15-18H2,1-6H3;2*5-6,9,16-17H,2-4,7-8,10-13H2,1H3,(H,24,25)(H,26,27)(H,28,29);15-16,19H,6-12H2,1-5H3;3-5H,2,6H2,1H3;1,3H;;;;2*1H;;;;;/q;;;;;;;;;;;2*+1;2*+2;-1/p-3/t23-,24?;2*16-,17?;15-,16?;;;;;;;;;;;;/m0000............/s1. The second-order valence-electron chi connectivity index (χ2n) is 35.5. The first-order valence-electron chi connectivity index (χ1n) is 46.7. The number of carboxylic acid groups (broad SMARTS) is 6. The molecule has 4 aromatic heterocycles. The smallest absolute Gasteiger partial charge is 1.00 e. The van der Waals surface area contributed by atoms with Gasteiger partial charge >= 0.3 is 225 Å². The Morgan fingerprint density at radius 3 is 0.918 bits per heavy atom. The van der Waals surface area contributed by atoms with Gasteiger partial charge in [0.15, 0.2) is 0 Å². The number of aliphatic carboxylic acids is 6. The minimum absolute atomic E-state index is 0. The van der Waals surface area contributed by atoms with Gasteiger partial charge < -0.3 is 61.7 Å². The Balaban J connectivity index is -0.000000414. The molecule has 7 N–H and O–H groups in total. The second kappa shape index (κ2) is 86.6. The fourth-order valence-electron chi connectivity index (χ4n) is 17.2. The van der Waals surface area contributed by atoms with Crippen LogP contribution in [0.4, 0.5) is 0 Å². The van der Waals surface area contributed by atoms with E-state index in [2.05, 4.69) is 64.0 Å². The Bertz CT molecular complexity index is 4520. The topological polar surface area (TPSA) is 609 Å². The summed E-state index contributed by atoms with van der Waals surface area (Å²) >= 11 is 3.26. The van der Waals surface area contributed by atoms with E-state index in [-0.39, 0.29) is 288 Å². The molecule has 1 radical (unpaired) electrons. The molecule has 0 aliphatic heterocycles. The summed E-state index contributed by atoms with van der Waals surface area (Å²) in [6.07, 6.45) is 23.9. The molecule has 4 saturated carbocycles. The summed E-state index contributed by atoms with van der Waals surface area (Å²) in [5, 5.41) is 68.2. The first kappa shape index (κ1) is 149. The van der Waals surface area contributed by atoms with E-state index in [0.717, 1.165) is 125 Å². The number of nitrogens with one attached hydrogen (secondary N) is 1. The number of aromatic nitrogens is 4. The fourth-order valence-corrected chi connectivity index (χ4v) is 17.7. The van der Waals surface area contributed by atoms with E-state index >= 15 is 0 Å². The van der Waals surface area contributed by atoms with Crippen molar-refractivity contribution in [2.75, 3.05) is 85.1 Å². The molecule has 0 aromatic carbocycles. The number of hydrogen-bond donors (Lipinski definition) is 7. The maximum Gasteiger partial charge on any atom is 2.00 e. The van der Waals surface area contributed by atoms with Gasteiger partial charge in [-0.2, -0.15) is 28.8 Å². The van der Waals surface area contributed by atoms with Gasteiger partial charge in [0.1, 0.15) is 34.3 Å². The molecule has 0 bridgehead atoms. The summed E-state index contributed by atoms with van der Waals surface area (Å²) in [6.45, 7) is 25.8. The van der Waals surface area contributed by atoms with E-state index < -0.39 is 73.2 Å². The minimum atomic E-state index is -1.10. The number of nitrogens with zero attached hydrogens (tertiary/aromatic N) is 11. The molecule has 0 spiro atoms. The van der Waals surface area contributed by atoms with Crippen LogP contribution >= 0.6 is 36.1 Å². The third-order valence-electron chi connectivity index (χ3n) is 22.2. The minimum Gasteiger partial charge on any atom is -1.00 e. The Morgan fingerprint density at radius 2 is 0.667 bits per heavy atom. The number of carboxylic acids is 6. The van der Waals surface area contributed by atoms with Crippen molar-refractivity contribution in [2.45, 2.75) is 303 Å². The number of aryl methyl sites for hydroxylation is 3. The Kier molecular flexibility index (Phi) is 87.5. The quantitative estimate of drug-likeness (QED) is 0.00634. The zero-order chi connectivity index (χ0) is 110. The molecule has 0 saturated heterocycles. The molecule has 8 atom stereocenters. The van der Waals surface area contributed by atoms with Crippen LogP contribution < -0.4 is 113 Å². The molecule has 812 valence electrons. The number of ether oxygens (including phenoxy) is 3. The number of carbonyl (C=O) groups is 14. The zero-order valence-corrected chi connectivity index (χ0v) is 98.5. The van der Waals surface area contributed by atoms with Crippen LogP contribution in [0.2, 0.25) is 0 Å². The van der Waals surface area contributed by atoms with Crippen molar-refractivity contribution in [3.63, 3.8) is 0 Å².